The van der Waals surface area contributed by atoms with Crippen molar-refractivity contribution in [2.45, 2.75) is 26.5 Å². The molecular weight excluding hydrogens is 238 g/mol. The van der Waals surface area contributed by atoms with E-state index in [1.54, 1.807) is 12.3 Å². The third-order valence-electron chi connectivity index (χ3n) is 3.05. The van der Waals surface area contributed by atoms with E-state index in [0.717, 1.165) is 11.1 Å². The van der Waals surface area contributed by atoms with Crippen LogP contribution in [0.25, 0.3) is 0 Å². The Morgan fingerprint density at radius 1 is 1.42 bits per heavy atom. The summed E-state index contributed by atoms with van der Waals surface area (Å²) in [5.41, 5.74) is 2.37. The van der Waals surface area contributed by atoms with Gasteiger partial charge in [-0.1, -0.05) is 13.8 Å². The second-order valence-corrected chi connectivity index (χ2v) is 4.97. The zero-order valence-electron chi connectivity index (χ0n) is 11.1. The summed E-state index contributed by atoms with van der Waals surface area (Å²) in [5.74, 6) is 0.196. The maximum atomic E-state index is 9.99. The average Bonchev–Trinajstić information content (AvgIpc) is 2.86. The largest absolute Gasteiger partial charge is 0.388 e. The van der Waals surface area contributed by atoms with Crippen LogP contribution in [0.5, 0.6) is 0 Å². The Labute approximate surface area is 113 Å². The average molecular weight is 255 g/mol. The third-order valence-corrected chi connectivity index (χ3v) is 3.05. The van der Waals surface area contributed by atoms with Gasteiger partial charge in [0.05, 0.1) is 6.10 Å². The van der Waals surface area contributed by atoms with Gasteiger partial charge in [-0.3, -0.25) is 0 Å². The summed E-state index contributed by atoms with van der Waals surface area (Å²) >= 11 is 0. The van der Waals surface area contributed by atoms with E-state index in [4.69, 9.17) is 5.26 Å². The Hall–Kier alpha value is -2.12. The predicted molar refractivity (Wildman–Crippen MR) is 72.3 cm³/mol. The van der Waals surface area contributed by atoms with Crippen LogP contribution < -0.4 is 0 Å². The Morgan fingerprint density at radius 3 is 2.89 bits per heavy atom. The molecule has 2 aromatic rings. The molecule has 0 aromatic carbocycles. The number of pyridine rings is 1. The molecule has 2 aromatic heterocycles. The maximum Gasteiger partial charge on any atom is 0.140 e. The van der Waals surface area contributed by atoms with E-state index < -0.39 is 6.10 Å². The van der Waals surface area contributed by atoms with Gasteiger partial charge in [0.25, 0.3) is 0 Å². The maximum absolute atomic E-state index is 9.99. The Morgan fingerprint density at radius 2 is 2.21 bits per heavy atom. The number of aliphatic hydroxyl groups is 1. The first-order valence-electron chi connectivity index (χ1n) is 6.29. The first kappa shape index (κ1) is 13.3. The van der Waals surface area contributed by atoms with Crippen LogP contribution in [-0.2, 0) is 6.54 Å². The van der Waals surface area contributed by atoms with Crippen molar-refractivity contribution in [2.24, 2.45) is 5.92 Å². The second-order valence-electron chi connectivity index (χ2n) is 4.97. The quantitative estimate of drug-likeness (QED) is 0.913. The SMILES string of the molecule is CC(C)C(O)c1ccn(Cc2ccnc(C#N)c2)c1. The summed E-state index contributed by atoms with van der Waals surface area (Å²) in [4.78, 5) is 3.95. The molecule has 1 unspecified atom stereocenters. The van der Waals surface area contributed by atoms with Gasteiger partial charge in [0.2, 0.25) is 0 Å². The van der Waals surface area contributed by atoms with Crippen molar-refractivity contribution in [1.82, 2.24) is 9.55 Å². The molecular formula is C15H17N3O. The van der Waals surface area contributed by atoms with E-state index in [1.807, 2.05) is 49.0 Å². The van der Waals surface area contributed by atoms with E-state index >= 15 is 0 Å². The lowest BCUT2D eigenvalue weighted by molar-refractivity contribution is 0.127. The van der Waals surface area contributed by atoms with Gasteiger partial charge in [-0.05, 0) is 35.2 Å². The first-order valence-corrected chi connectivity index (χ1v) is 6.29. The van der Waals surface area contributed by atoms with Crippen LogP contribution in [0.2, 0.25) is 0 Å². The van der Waals surface area contributed by atoms with Gasteiger partial charge in [0.1, 0.15) is 11.8 Å². The normalized spacial score (nSPS) is 12.4. The summed E-state index contributed by atoms with van der Waals surface area (Å²) < 4.78 is 2.00. The lowest BCUT2D eigenvalue weighted by atomic mass is 10.0. The van der Waals surface area contributed by atoms with Crippen LogP contribution in [-0.4, -0.2) is 14.7 Å². The number of aliphatic hydroxyl groups excluding tert-OH is 1. The highest BCUT2D eigenvalue weighted by molar-refractivity contribution is 5.26. The molecule has 4 nitrogen and oxygen atoms in total. The molecule has 0 saturated carbocycles. The summed E-state index contributed by atoms with van der Waals surface area (Å²) in [5, 5.41) is 18.8. The zero-order valence-corrected chi connectivity index (χ0v) is 11.1. The van der Waals surface area contributed by atoms with Crippen LogP contribution in [0, 0.1) is 17.2 Å². The number of aromatic nitrogens is 2. The summed E-state index contributed by atoms with van der Waals surface area (Å²) in [7, 11) is 0. The number of nitrogens with zero attached hydrogens (tertiary/aromatic N) is 3. The third kappa shape index (κ3) is 3.21. The van der Waals surface area contributed by atoms with Crippen molar-refractivity contribution < 1.29 is 5.11 Å². The molecule has 98 valence electrons. The highest BCUT2D eigenvalue weighted by Crippen LogP contribution is 2.21. The van der Waals surface area contributed by atoms with Crippen LogP contribution >= 0.6 is 0 Å². The summed E-state index contributed by atoms with van der Waals surface area (Å²) in [6, 6.07) is 7.62. The van der Waals surface area contributed by atoms with Gasteiger partial charge in [-0.25, -0.2) is 4.98 Å². The van der Waals surface area contributed by atoms with Crippen molar-refractivity contribution >= 4 is 0 Å². The standard InChI is InChI=1S/C15H17N3O/c1-11(2)15(19)13-4-6-18(10-13)9-12-3-5-17-14(7-12)8-16/h3-7,10-11,15,19H,9H2,1-2H3. The van der Waals surface area contributed by atoms with Gasteiger partial charge in [0.15, 0.2) is 0 Å². The van der Waals surface area contributed by atoms with E-state index in [2.05, 4.69) is 4.98 Å². The Balaban J connectivity index is 2.14. The molecule has 0 amide bonds. The molecule has 2 rings (SSSR count). The van der Waals surface area contributed by atoms with Crippen molar-refractivity contribution in [3.05, 3.63) is 53.6 Å². The van der Waals surface area contributed by atoms with Gasteiger partial charge in [-0.15, -0.1) is 0 Å². The predicted octanol–water partition coefficient (Wildman–Crippen LogP) is 2.49. The monoisotopic (exact) mass is 255 g/mol. The van der Waals surface area contributed by atoms with Crippen LogP contribution in [0.1, 0.15) is 36.8 Å². The van der Waals surface area contributed by atoms with Crippen LogP contribution in [0.15, 0.2) is 36.8 Å². The molecule has 0 bridgehead atoms. The van der Waals surface area contributed by atoms with Gasteiger partial charge in [-0.2, -0.15) is 5.26 Å². The minimum absolute atomic E-state index is 0.196. The smallest absolute Gasteiger partial charge is 0.140 e. The van der Waals surface area contributed by atoms with Crippen molar-refractivity contribution in [3.63, 3.8) is 0 Å². The van der Waals surface area contributed by atoms with Crippen molar-refractivity contribution in [3.8, 4) is 6.07 Å². The number of rotatable bonds is 4. The van der Waals surface area contributed by atoms with E-state index in [1.165, 1.54) is 0 Å². The Bertz CT molecular complexity index is 595. The Kier molecular flexibility index (Phi) is 3.98. The summed E-state index contributed by atoms with van der Waals surface area (Å²) in [6.45, 7) is 4.65. The highest BCUT2D eigenvalue weighted by atomic mass is 16.3. The van der Waals surface area contributed by atoms with E-state index in [-0.39, 0.29) is 5.92 Å². The second kappa shape index (κ2) is 5.68. The molecule has 0 spiro atoms. The van der Waals surface area contributed by atoms with Crippen molar-refractivity contribution in [1.29, 1.82) is 5.26 Å². The first-order chi connectivity index (χ1) is 9.10. The fourth-order valence-corrected chi connectivity index (χ4v) is 1.96. The number of nitriles is 1. The van der Waals surface area contributed by atoms with Gasteiger partial charge < -0.3 is 9.67 Å². The van der Waals surface area contributed by atoms with Gasteiger partial charge in [0, 0.05) is 25.1 Å². The molecule has 19 heavy (non-hydrogen) atoms. The molecule has 1 atom stereocenters. The molecule has 0 fully saturated rings. The molecule has 0 radical (unpaired) electrons. The lowest BCUT2D eigenvalue weighted by Gasteiger charge is -2.12. The molecule has 0 aliphatic carbocycles. The fourth-order valence-electron chi connectivity index (χ4n) is 1.96. The van der Waals surface area contributed by atoms with Crippen LogP contribution in [0.4, 0.5) is 0 Å². The minimum Gasteiger partial charge on any atom is -0.388 e. The van der Waals surface area contributed by atoms with E-state index in [0.29, 0.717) is 12.2 Å². The topological polar surface area (TPSA) is 61.8 Å². The molecule has 1 N–H and O–H groups in total. The fraction of sp³-hybridized carbons (Fsp3) is 0.333. The van der Waals surface area contributed by atoms with Crippen LogP contribution in [0.3, 0.4) is 0 Å². The highest BCUT2D eigenvalue weighted by Gasteiger charge is 2.13. The molecule has 0 aliphatic heterocycles. The molecule has 4 heteroatoms. The van der Waals surface area contributed by atoms with E-state index in [9.17, 15) is 5.11 Å². The zero-order chi connectivity index (χ0) is 13.8. The van der Waals surface area contributed by atoms with Gasteiger partial charge >= 0.3 is 0 Å². The summed E-state index contributed by atoms with van der Waals surface area (Å²) in [6.07, 6.45) is 5.08. The molecule has 0 saturated heterocycles. The minimum atomic E-state index is -0.437. The number of hydrogen-bond acceptors (Lipinski definition) is 3. The lowest BCUT2D eigenvalue weighted by Crippen LogP contribution is -2.04. The molecule has 0 aliphatic rings. The molecule has 2 heterocycles. The number of hydrogen-bond donors (Lipinski definition) is 1. The van der Waals surface area contributed by atoms with Crippen molar-refractivity contribution in [2.75, 3.05) is 0 Å².